The SMILES string of the molecule is CC(Sc1ccc([N+](=O)[O-])c(C#N)n1)C(=O)O. The number of hydrogen-bond acceptors (Lipinski definition) is 6. The summed E-state index contributed by atoms with van der Waals surface area (Å²) in [5.74, 6) is -1.02. The number of thioether (sulfide) groups is 1. The van der Waals surface area contributed by atoms with Gasteiger partial charge < -0.3 is 5.11 Å². The van der Waals surface area contributed by atoms with Gasteiger partial charge in [0.2, 0.25) is 5.69 Å². The molecule has 8 heteroatoms. The predicted octanol–water partition coefficient (Wildman–Crippen LogP) is 1.43. The van der Waals surface area contributed by atoms with Gasteiger partial charge in [0.15, 0.2) is 0 Å². The second kappa shape index (κ2) is 5.27. The molecule has 1 unspecified atom stereocenters. The molecule has 0 amide bonds. The Balaban J connectivity index is 3.03. The van der Waals surface area contributed by atoms with Crippen molar-refractivity contribution in [3.8, 4) is 6.07 Å². The first kappa shape index (κ1) is 12.9. The van der Waals surface area contributed by atoms with Crippen molar-refractivity contribution in [2.45, 2.75) is 17.2 Å². The second-order valence-corrected chi connectivity index (χ2v) is 4.35. The summed E-state index contributed by atoms with van der Waals surface area (Å²) in [4.78, 5) is 24.2. The molecule has 1 N–H and O–H groups in total. The molecule has 0 fully saturated rings. The van der Waals surface area contributed by atoms with Crippen molar-refractivity contribution in [1.29, 1.82) is 5.26 Å². The van der Waals surface area contributed by atoms with E-state index in [9.17, 15) is 14.9 Å². The van der Waals surface area contributed by atoms with E-state index in [-0.39, 0.29) is 16.4 Å². The fourth-order valence-corrected chi connectivity index (χ4v) is 1.71. The summed E-state index contributed by atoms with van der Waals surface area (Å²) in [5, 5.41) is 27.4. The van der Waals surface area contributed by atoms with Gasteiger partial charge in [-0.05, 0) is 13.0 Å². The highest BCUT2D eigenvalue weighted by molar-refractivity contribution is 8.00. The van der Waals surface area contributed by atoms with Crippen LogP contribution in [0.5, 0.6) is 0 Å². The minimum Gasteiger partial charge on any atom is -0.480 e. The lowest BCUT2D eigenvalue weighted by molar-refractivity contribution is -0.385. The largest absolute Gasteiger partial charge is 0.480 e. The topological polar surface area (TPSA) is 117 Å². The van der Waals surface area contributed by atoms with Gasteiger partial charge in [-0.25, -0.2) is 4.98 Å². The first-order chi connectivity index (χ1) is 7.95. The average molecular weight is 253 g/mol. The van der Waals surface area contributed by atoms with Crippen molar-refractivity contribution in [2.24, 2.45) is 0 Å². The van der Waals surface area contributed by atoms with Crippen molar-refractivity contribution in [1.82, 2.24) is 4.98 Å². The Morgan fingerprint density at radius 2 is 2.35 bits per heavy atom. The van der Waals surface area contributed by atoms with Gasteiger partial charge in [-0.2, -0.15) is 5.26 Å². The molecule has 7 nitrogen and oxygen atoms in total. The van der Waals surface area contributed by atoms with Crippen LogP contribution in [0.1, 0.15) is 12.6 Å². The number of nitrogens with zero attached hydrogens (tertiary/aromatic N) is 3. The molecule has 0 saturated carbocycles. The van der Waals surface area contributed by atoms with E-state index >= 15 is 0 Å². The maximum atomic E-state index is 10.6. The molecule has 1 atom stereocenters. The van der Waals surface area contributed by atoms with Gasteiger partial charge >= 0.3 is 11.7 Å². The first-order valence-corrected chi connectivity index (χ1v) is 5.28. The fourth-order valence-electron chi connectivity index (χ4n) is 0.961. The molecule has 1 rings (SSSR count). The number of aliphatic carboxylic acids is 1. The van der Waals surface area contributed by atoms with Gasteiger partial charge in [-0.15, -0.1) is 0 Å². The molecule has 1 aromatic heterocycles. The number of aromatic nitrogens is 1. The van der Waals surface area contributed by atoms with Crippen LogP contribution in [0.4, 0.5) is 5.69 Å². The van der Waals surface area contributed by atoms with Gasteiger partial charge in [-0.3, -0.25) is 14.9 Å². The van der Waals surface area contributed by atoms with Crippen LogP contribution in [0, 0.1) is 21.4 Å². The van der Waals surface area contributed by atoms with E-state index in [2.05, 4.69) is 4.98 Å². The quantitative estimate of drug-likeness (QED) is 0.489. The lowest BCUT2D eigenvalue weighted by Gasteiger charge is -2.04. The van der Waals surface area contributed by atoms with Crippen LogP contribution >= 0.6 is 11.8 Å². The molecule has 0 aliphatic rings. The van der Waals surface area contributed by atoms with Crippen molar-refractivity contribution >= 4 is 23.4 Å². The van der Waals surface area contributed by atoms with Gasteiger partial charge in [-0.1, -0.05) is 11.8 Å². The zero-order valence-corrected chi connectivity index (χ0v) is 9.47. The molecule has 88 valence electrons. The molecular weight excluding hydrogens is 246 g/mol. The molecule has 0 saturated heterocycles. The maximum absolute atomic E-state index is 10.6. The van der Waals surface area contributed by atoms with E-state index in [1.54, 1.807) is 6.07 Å². The summed E-state index contributed by atoms with van der Waals surface area (Å²) < 4.78 is 0. The minimum atomic E-state index is -1.02. The molecule has 1 aromatic rings. The van der Waals surface area contributed by atoms with E-state index in [4.69, 9.17) is 10.4 Å². The Morgan fingerprint density at radius 1 is 1.71 bits per heavy atom. The van der Waals surface area contributed by atoms with Crippen LogP contribution in [0.15, 0.2) is 17.2 Å². The van der Waals surface area contributed by atoms with E-state index < -0.39 is 16.1 Å². The summed E-state index contributed by atoms with van der Waals surface area (Å²) in [6, 6.07) is 4.07. The highest BCUT2D eigenvalue weighted by Gasteiger charge is 2.18. The van der Waals surface area contributed by atoms with Crippen LogP contribution in [0.3, 0.4) is 0 Å². The lowest BCUT2D eigenvalue weighted by Crippen LogP contribution is -2.11. The molecule has 17 heavy (non-hydrogen) atoms. The molecule has 0 aliphatic heterocycles. The van der Waals surface area contributed by atoms with Gasteiger partial charge in [0.1, 0.15) is 11.3 Å². The third-order valence-electron chi connectivity index (χ3n) is 1.80. The van der Waals surface area contributed by atoms with Gasteiger partial charge in [0, 0.05) is 6.07 Å². The van der Waals surface area contributed by atoms with E-state index in [0.29, 0.717) is 0 Å². The Morgan fingerprint density at radius 3 is 2.82 bits per heavy atom. The Hall–Kier alpha value is -2.14. The molecule has 1 heterocycles. The highest BCUT2D eigenvalue weighted by Crippen LogP contribution is 2.25. The monoisotopic (exact) mass is 253 g/mol. The number of rotatable bonds is 4. The summed E-state index contributed by atoms with van der Waals surface area (Å²) in [5.41, 5.74) is -0.711. The Bertz CT molecular complexity index is 511. The van der Waals surface area contributed by atoms with Gasteiger partial charge in [0.05, 0.1) is 9.95 Å². The predicted molar refractivity (Wildman–Crippen MR) is 58.6 cm³/mol. The molecule has 0 aromatic carbocycles. The standard InChI is InChI=1S/C9H7N3O4S/c1-5(9(13)14)17-8-3-2-7(12(15)16)6(4-10)11-8/h2-3,5H,1H3,(H,13,14). The van der Waals surface area contributed by atoms with E-state index in [0.717, 1.165) is 17.8 Å². The number of nitriles is 1. The van der Waals surface area contributed by atoms with Crippen LogP contribution in [0.2, 0.25) is 0 Å². The number of carboxylic acids is 1. The number of nitro groups is 1. The smallest absolute Gasteiger partial charge is 0.316 e. The van der Waals surface area contributed by atoms with Gasteiger partial charge in [0.25, 0.3) is 0 Å². The third kappa shape index (κ3) is 3.15. The average Bonchev–Trinajstić information content (AvgIpc) is 2.28. The summed E-state index contributed by atoms with van der Waals surface area (Å²) in [7, 11) is 0. The Kier molecular flexibility index (Phi) is 4.01. The summed E-state index contributed by atoms with van der Waals surface area (Å²) in [6.45, 7) is 1.46. The summed E-state index contributed by atoms with van der Waals surface area (Å²) in [6.07, 6.45) is 0. The molecule has 0 bridgehead atoms. The van der Waals surface area contributed by atoms with Crippen molar-refractivity contribution < 1.29 is 14.8 Å². The lowest BCUT2D eigenvalue weighted by atomic mass is 10.3. The van der Waals surface area contributed by atoms with Crippen molar-refractivity contribution in [3.05, 3.63) is 27.9 Å². The van der Waals surface area contributed by atoms with Crippen LogP contribution < -0.4 is 0 Å². The fraction of sp³-hybridized carbons (Fsp3) is 0.222. The Labute approximate surface area is 100 Å². The van der Waals surface area contributed by atoms with Crippen molar-refractivity contribution in [3.63, 3.8) is 0 Å². The zero-order valence-electron chi connectivity index (χ0n) is 8.65. The zero-order chi connectivity index (χ0) is 13.0. The number of carbonyl (C=O) groups is 1. The highest BCUT2D eigenvalue weighted by atomic mass is 32.2. The number of pyridine rings is 1. The molecule has 0 radical (unpaired) electrons. The van der Waals surface area contributed by atoms with Crippen molar-refractivity contribution in [2.75, 3.05) is 0 Å². The number of hydrogen-bond donors (Lipinski definition) is 1. The van der Waals surface area contributed by atoms with Crippen LogP contribution in [-0.2, 0) is 4.79 Å². The maximum Gasteiger partial charge on any atom is 0.316 e. The minimum absolute atomic E-state index is 0.266. The normalized spacial score (nSPS) is 11.5. The summed E-state index contributed by atoms with van der Waals surface area (Å²) >= 11 is 0.917. The molecule has 0 aliphatic carbocycles. The second-order valence-electron chi connectivity index (χ2n) is 2.98. The molecular formula is C9H7N3O4S. The number of carboxylic acid groups (broad SMARTS) is 1. The van der Waals surface area contributed by atoms with Crippen LogP contribution in [0.25, 0.3) is 0 Å². The first-order valence-electron chi connectivity index (χ1n) is 4.40. The molecule has 0 spiro atoms. The third-order valence-corrected chi connectivity index (χ3v) is 2.82. The van der Waals surface area contributed by atoms with E-state index in [1.165, 1.54) is 13.0 Å². The van der Waals surface area contributed by atoms with Crippen LogP contribution in [-0.4, -0.2) is 26.2 Å². The van der Waals surface area contributed by atoms with E-state index in [1.807, 2.05) is 0 Å².